The summed E-state index contributed by atoms with van der Waals surface area (Å²) < 4.78 is 80.7. The van der Waals surface area contributed by atoms with E-state index in [0.717, 1.165) is 0 Å². The van der Waals surface area contributed by atoms with Gasteiger partial charge in [-0.2, -0.15) is 0 Å². The summed E-state index contributed by atoms with van der Waals surface area (Å²) in [6.45, 7) is 27.7. The summed E-state index contributed by atoms with van der Waals surface area (Å²) in [6.07, 6.45) is 0. The van der Waals surface area contributed by atoms with Gasteiger partial charge in [0.25, 0.3) is 0 Å². The van der Waals surface area contributed by atoms with Gasteiger partial charge in [0.05, 0.1) is 0 Å². The highest BCUT2D eigenvalue weighted by Crippen LogP contribution is 2.49. The molecule has 12 nitrogen and oxygen atoms in total. The van der Waals surface area contributed by atoms with Gasteiger partial charge in [-0.3, -0.25) is 0 Å². The number of benzene rings is 1. The maximum absolute atomic E-state index is 6.88. The lowest BCUT2D eigenvalue weighted by Gasteiger charge is -2.60. The van der Waals surface area contributed by atoms with Crippen molar-refractivity contribution in [3.63, 3.8) is 0 Å². The molecule has 20 heteroatoms. The van der Waals surface area contributed by atoms with Crippen LogP contribution in [0, 0.1) is 0 Å². The van der Waals surface area contributed by atoms with Crippen LogP contribution >= 0.6 is 0 Å². The van der Waals surface area contributed by atoms with E-state index < -0.39 is 70.4 Å². The highest BCUT2D eigenvalue weighted by molar-refractivity contribution is 7.08. The molecule has 6 aliphatic heterocycles. The molecule has 1 aromatic rings. The average Bonchev–Trinajstić information content (AvgIpc) is 2.92. The van der Waals surface area contributed by atoms with Gasteiger partial charge in [0, 0.05) is 5.19 Å². The molecule has 0 aliphatic carbocycles. The Balaban J connectivity index is 1.76. The maximum atomic E-state index is 6.88. The van der Waals surface area contributed by atoms with Crippen molar-refractivity contribution in [2.45, 2.75) is 0 Å². The molecule has 0 amide bonds. The molecule has 8 bridgehead atoms. The standard InChI is InChI=1S/C20H26O12Si8/c1-8-33-21-34(9-2)24-37(12-5)26-35(10-3,22-33)28-39(14-7)29-36(11-4,23-33)27-38(13-6,25-34)31-40(30-37,32-39)20-18-16-15-17-19-20/h8-19H,1-7H2. The first-order chi connectivity index (χ1) is 19.0. The quantitative estimate of drug-likeness (QED) is 0.373. The molecular formula is C20H26O12Si8. The molecule has 0 saturated carbocycles. The third kappa shape index (κ3) is 4.17. The SMILES string of the molecule is C=C[Si]12O[Si]3(C=C)O[Si]4(C=C)O[Si](C=C)(O1)O[Si]1(C=C)O[Si](C=C)(O2)O[Si](C=C)(O3)O[Si](c2ccccc2)(O4)O1. The van der Waals surface area contributed by atoms with E-state index in [1.807, 2.05) is 6.07 Å². The van der Waals surface area contributed by atoms with Gasteiger partial charge in [-0.05, 0) is 39.9 Å². The topological polar surface area (TPSA) is 111 Å². The fraction of sp³-hybridized carbons (Fsp3) is 0. The summed E-state index contributed by atoms with van der Waals surface area (Å²) >= 11 is 0. The van der Waals surface area contributed by atoms with Gasteiger partial charge in [0.1, 0.15) is 0 Å². The number of hydrogen-bond donors (Lipinski definition) is 0. The van der Waals surface area contributed by atoms with Crippen molar-refractivity contribution < 1.29 is 49.4 Å². The Morgan fingerprint density at radius 1 is 0.350 bits per heavy atom. The van der Waals surface area contributed by atoms with E-state index in [-0.39, 0.29) is 0 Å². The van der Waals surface area contributed by atoms with Crippen molar-refractivity contribution in [2.24, 2.45) is 0 Å². The Bertz CT molecular complexity index is 1190. The van der Waals surface area contributed by atoms with E-state index in [9.17, 15) is 0 Å². The molecule has 6 fully saturated rings. The molecule has 6 saturated heterocycles. The summed E-state index contributed by atoms with van der Waals surface area (Å²) in [5.41, 5.74) is 9.71. The molecule has 0 unspecified atom stereocenters. The fourth-order valence-corrected chi connectivity index (χ4v) is 45.3. The average molecular weight is 683 g/mol. The van der Waals surface area contributed by atoms with Crippen LogP contribution in [0.1, 0.15) is 0 Å². The van der Waals surface area contributed by atoms with E-state index in [2.05, 4.69) is 46.1 Å². The molecule has 6 aliphatic rings. The Morgan fingerprint density at radius 2 is 0.575 bits per heavy atom. The molecule has 40 heavy (non-hydrogen) atoms. The molecule has 210 valence electrons. The Kier molecular flexibility index (Phi) is 6.71. The van der Waals surface area contributed by atoms with Gasteiger partial charge in [-0.1, -0.05) is 30.3 Å². The largest absolute Gasteiger partial charge is 0.515 e. The molecule has 0 N–H and O–H groups in total. The van der Waals surface area contributed by atoms with Gasteiger partial charge in [-0.25, -0.2) is 0 Å². The minimum atomic E-state index is -4.26. The first kappa shape index (κ1) is 28.8. The van der Waals surface area contributed by atoms with Crippen LogP contribution in [0.2, 0.25) is 0 Å². The van der Waals surface area contributed by atoms with Gasteiger partial charge in [0.15, 0.2) is 0 Å². The molecule has 0 atom stereocenters. The normalized spacial score (nSPS) is 48.8. The summed E-state index contributed by atoms with van der Waals surface area (Å²) in [5, 5.41) is 0.512. The smallest absolute Gasteiger partial charge is 0.367 e. The van der Waals surface area contributed by atoms with Gasteiger partial charge >= 0.3 is 70.4 Å². The van der Waals surface area contributed by atoms with Crippen LogP contribution in [0.4, 0.5) is 0 Å². The lowest BCUT2D eigenvalue weighted by atomic mass is 10.4. The van der Waals surface area contributed by atoms with Crippen LogP contribution in [-0.4, -0.2) is 70.4 Å². The summed E-state index contributed by atoms with van der Waals surface area (Å²) in [4.78, 5) is 0. The predicted molar refractivity (Wildman–Crippen MR) is 157 cm³/mol. The lowest BCUT2D eigenvalue weighted by Crippen LogP contribution is -2.88. The van der Waals surface area contributed by atoms with Crippen molar-refractivity contribution in [1.82, 2.24) is 0 Å². The highest BCUT2D eigenvalue weighted by Gasteiger charge is 2.82. The van der Waals surface area contributed by atoms with E-state index in [4.69, 9.17) is 49.4 Å². The molecule has 0 spiro atoms. The van der Waals surface area contributed by atoms with Crippen LogP contribution < -0.4 is 5.19 Å². The minimum absolute atomic E-state index is 0.512. The summed E-state index contributed by atoms with van der Waals surface area (Å²) in [5.74, 6) is 0. The van der Waals surface area contributed by atoms with E-state index in [0.29, 0.717) is 5.19 Å². The minimum Gasteiger partial charge on any atom is -0.367 e. The van der Waals surface area contributed by atoms with Crippen molar-refractivity contribution >= 4 is 75.6 Å². The zero-order valence-corrected chi connectivity index (χ0v) is 29.3. The molecule has 1 aromatic carbocycles. The van der Waals surface area contributed by atoms with Crippen LogP contribution in [-0.2, 0) is 49.4 Å². The Morgan fingerprint density at radius 3 is 0.800 bits per heavy atom. The van der Waals surface area contributed by atoms with Crippen LogP contribution in [0.15, 0.2) is 116 Å². The molecular weight excluding hydrogens is 657 g/mol. The molecule has 0 aromatic heterocycles. The summed E-state index contributed by atoms with van der Waals surface area (Å²) in [7, 11) is -33.4. The van der Waals surface area contributed by atoms with E-state index in [1.54, 1.807) is 24.3 Å². The second-order valence-corrected chi connectivity index (χ2v) is 31.6. The van der Waals surface area contributed by atoms with Crippen molar-refractivity contribution in [3.05, 3.63) is 116 Å². The first-order valence-electron chi connectivity index (χ1n) is 11.9. The second-order valence-electron chi connectivity index (χ2n) is 8.80. The Labute approximate surface area is 240 Å². The maximum Gasteiger partial charge on any atom is 0.515 e. The van der Waals surface area contributed by atoms with Gasteiger partial charge in [-0.15, -0.1) is 46.1 Å². The monoisotopic (exact) mass is 682 g/mol. The van der Waals surface area contributed by atoms with Crippen molar-refractivity contribution in [3.8, 4) is 0 Å². The molecule has 7 rings (SSSR count). The first-order valence-corrected chi connectivity index (χ1v) is 26.3. The Hall–Kier alpha value is -1.34. The third-order valence-electron chi connectivity index (χ3n) is 6.27. The number of hydrogen-bond acceptors (Lipinski definition) is 12. The van der Waals surface area contributed by atoms with Crippen LogP contribution in [0.25, 0.3) is 0 Å². The zero-order valence-electron chi connectivity index (χ0n) is 21.3. The van der Waals surface area contributed by atoms with Crippen LogP contribution in [0.3, 0.4) is 0 Å². The fourth-order valence-electron chi connectivity index (χ4n) is 4.54. The lowest BCUT2D eigenvalue weighted by molar-refractivity contribution is -0.00549. The number of rotatable bonds is 8. The van der Waals surface area contributed by atoms with Crippen LogP contribution in [0.5, 0.6) is 0 Å². The highest BCUT2D eigenvalue weighted by atomic mass is 28.6. The van der Waals surface area contributed by atoms with Gasteiger partial charge < -0.3 is 49.4 Å². The van der Waals surface area contributed by atoms with E-state index >= 15 is 0 Å². The molecule has 6 heterocycles. The van der Waals surface area contributed by atoms with Gasteiger partial charge in [0.2, 0.25) is 0 Å². The van der Waals surface area contributed by atoms with E-state index in [1.165, 1.54) is 39.9 Å². The summed E-state index contributed by atoms with van der Waals surface area (Å²) in [6, 6.07) is 8.98. The molecule has 0 radical (unpaired) electrons. The predicted octanol–water partition coefficient (Wildman–Crippen LogP) is 1.75. The third-order valence-corrected chi connectivity index (χ3v) is 37.9. The van der Waals surface area contributed by atoms with Crippen molar-refractivity contribution in [2.75, 3.05) is 0 Å². The van der Waals surface area contributed by atoms with Crippen molar-refractivity contribution in [1.29, 1.82) is 0 Å². The second kappa shape index (κ2) is 9.33. The zero-order chi connectivity index (χ0) is 28.5.